The third kappa shape index (κ3) is 3.42. The fraction of sp³-hybridized carbons (Fsp3) is 0.364. The Morgan fingerprint density at radius 3 is 2.67 bits per heavy atom. The van der Waals surface area contributed by atoms with E-state index in [4.69, 9.17) is 17.3 Å². The van der Waals surface area contributed by atoms with Gasteiger partial charge in [-0.05, 0) is 6.42 Å². The number of non-ortho nitro benzene ring substituents is 1. The number of nitrogens with one attached hydrogen (secondary N) is 1. The van der Waals surface area contributed by atoms with Gasteiger partial charge < -0.3 is 11.1 Å². The summed E-state index contributed by atoms with van der Waals surface area (Å²) in [5.74, 6) is -0.829. The van der Waals surface area contributed by atoms with Gasteiger partial charge in [0.15, 0.2) is 9.84 Å². The van der Waals surface area contributed by atoms with Crippen molar-refractivity contribution >= 4 is 38.7 Å². The number of hydrogen-bond donors (Lipinski definition) is 2. The van der Waals surface area contributed by atoms with Crippen LogP contribution in [0.2, 0.25) is 5.02 Å². The Balaban J connectivity index is 2.25. The summed E-state index contributed by atoms with van der Waals surface area (Å²) in [7, 11) is -3.14. The first-order chi connectivity index (χ1) is 9.69. The highest BCUT2D eigenvalue weighted by molar-refractivity contribution is 7.91. The molecule has 1 fully saturated rings. The molecule has 114 valence electrons. The van der Waals surface area contributed by atoms with Gasteiger partial charge in [0, 0.05) is 18.2 Å². The highest BCUT2D eigenvalue weighted by atomic mass is 35.5. The van der Waals surface area contributed by atoms with Gasteiger partial charge in [0.2, 0.25) is 0 Å². The van der Waals surface area contributed by atoms with Gasteiger partial charge in [0.1, 0.15) is 0 Å². The maximum atomic E-state index is 12.1. The van der Waals surface area contributed by atoms with Gasteiger partial charge >= 0.3 is 0 Å². The summed E-state index contributed by atoms with van der Waals surface area (Å²) >= 11 is 5.76. The highest BCUT2D eigenvalue weighted by Gasteiger charge is 2.30. The van der Waals surface area contributed by atoms with E-state index in [9.17, 15) is 23.3 Å². The Kier molecular flexibility index (Phi) is 4.06. The molecule has 3 N–H and O–H groups in total. The first-order valence-corrected chi connectivity index (χ1v) is 8.14. The molecule has 21 heavy (non-hydrogen) atoms. The number of nitrogen functional groups attached to an aromatic ring is 1. The zero-order valence-corrected chi connectivity index (χ0v) is 12.3. The normalized spacial score (nSPS) is 20.1. The number of nitro groups is 1. The SMILES string of the molecule is Nc1c(Cl)cc([N+](=O)[O-])cc1C(=O)NC1CCS(=O)(=O)C1. The van der Waals surface area contributed by atoms with Crippen molar-refractivity contribution in [2.75, 3.05) is 17.2 Å². The van der Waals surface area contributed by atoms with E-state index in [-0.39, 0.29) is 33.5 Å². The second kappa shape index (κ2) is 5.49. The van der Waals surface area contributed by atoms with Crippen molar-refractivity contribution in [2.24, 2.45) is 0 Å². The lowest BCUT2D eigenvalue weighted by Gasteiger charge is -2.12. The number of nitrogens with zero attached hydrogens (tertiary/aromatic N) is 1. The van der Waals surface area contributed by atoms with Crippen molar-refractivity contribution in [3.63, 3.8) is 0 Å². The van der Waals surface area contributed by atoms with Crippen molar-refractivity contribution in [1.29, 1.82) is 0 Å². The molecule has 1 aromatic carbocycles. The Morgan fingerprint density at radius 2 is 2.14 bits per heavy atom. The van der Waals surface area contributed by atoms with Crippen molar-refractivity contribution in [2.45, 2.75) is 12.5 Å². The quantitative estimate of drug-likeness (QED) is 0.476. The number of sulfone groups is 1. The Morgan fingerprint density at radius 1 is 1.48 bits per heavy atom. The van der Waals surface area contributed by atoms with Crippen LogP contribution in [-0.4, -0.2) is 36.8 Å². The van der Waals surface area contributed by atoms with E-state index >= 15 is 0 Å². The van der Waals surface area contributed by atoms with E-state index in [0.29, 0.717) is 6.42 Å². The molecule has 1 atom stereocenters. The summed E-state index contributed by atoms with van der Waals surface area (Å²) < 4.78 is 22.7. The van der Waals surface area contributed by atoms with E-state index in [1.807, 2.05) is 0 Å². The van der Waals surface area contributed by atoms with Gasteiger partial charge in [-0.2, -0.15) is 0 Å². The first kappa shape index (κ1) is 15.5. The van der Waals surface area contributed by atoms with Crippen LogP contribution in [0.15, 0.2) is 12.1 Å². The first-order valence-electron chi connectivity index (χ1n) is 5.94. The predicted octanol–water partition coefficient (Wildman–Crippen LogP) is 0.747. The molecule has 0 bridgehead atoms. The monoisotopic (exact) mass is 333 g/mol. The third-order valence-corrected chi connectivity index (χ3v) is 5.22. The highest BCUT2D eigenvalue weighted by Crippen LogP contribution is 2.29. The van der Waals surface area contributed by atoms with E-state index in [0.717, 1.165) is 12.1 Å². The average molecular weight is 334 g/mol. The number of rotatable bonds is 3. The van der Waals surface area contributed by atoms with Gasteiger partial charge in [-0.25, -0.2) is 8.42 Å². The molecule has 1 amide bonds. The van der Waals surface area contributed by atoms with Crippen molar-refractivity contribution in [3.05, 3.63) is 32.8 Å². The Hall–Kier alpha value is -1.87. The molecule has 1 aliphatic rings. The average Bonchev–Trinajstić information content (AvgIpc) is 2.71. The van der Waals surface area contributed by atoms with Crippen molar-refractivity contribution in [1.82, 2.24) is 5.32 Å². The largest absolute Gasteiger partial charge is 0.397 e. The van der Waals surface area contributed by atoms with Gasteiger partial charge in [-0.15, -0.1) is 0 Å². The zero-order valence-electron chi connectivity index (χ0n) is 10.7. The molecule has 2 rings (SSSR count). The van der Waals surface area contributed by atoms with Crippen LogP contribution in [0, 0.1) is 10.1 Å². The van der Waals surface area contributed by atoms with Crippen LogP contribution in [0.5, 0.6) is 0 Å². The molecule has 0 saturated carbocycles. The molecular formula is C11H12ClN3O5S. The molecule has 8 nitrogen and oxygen atoms in total. The minimum atomic E-state index is -3.14. The van der Waals surface area contributed by atoms with Gasteiger partial charge in [-0.1, -0.05) is 11.6 Å². The number of halogens is 1. The number of nitrogens with two attached hydrogens (primary N) is 1. The molecule has 0 aromatic heterocycles. The maximum Gasteiger partial charge on any atom is 0.271 e. The molecule has 0 aliphatic carbocycles. The lowest BCUT2D eigenvalue weighted by atomic mass is 10.1. The zero-order chi connectivity index (χ0) is 15.8. The molecule has 0 radical (unpaired) electrons. The molecule has 10 heteroatoms. The lowest BCUT2D eigenvalue weighted by molar-refractivity contribution is -0.384. The van der Waals surface area contributed by atoms with Crippen LogP contribution in [0.3, 0.4) is 0 Å². The summed E-state index contributed by atoms with van der Waals surface area (Å²) in [5.41, 5.74) is 5.06. The van der Waals surface area contributed by atoms with Crippen LogP contribution in [0.1, 0.15) is 16.8 Å². The number of hydrogen-bond acceptors (Lipinski definition) is 6. The maximum absolute atomic E-state index is 12.1. The smallest absolute Gasteiger partial charge is 0.271 e. The standard InChI is InChI=1S/C11H12ClN3O5S/c12-9-4-7(15(17)18)3-8(10(9)13)11(16)14-6-1-2-21(19,20)5-6/h3-4,6H,1-2,5,13H2,(H,14,16). The molecule has 1 saturated heterocycles. The van der Waals surface area contributed by atoms with Crippen LogP contribution >= 0.6 is 11.6 Å². The van der Waals surface area contributed by atoms with E-state index in [1.54, 1.807) is 0 Å². The van der Waals surface area contributed by atoms with Crippen molar-refractivity contribution < 1.29 is 18.1 Å². The molecule has 1 unspecified atom stereocenters. The van der Waals surface area contributed by atoms with Crippen LogP contribution in [0.25, 0.3) is 0 Å². The van der Waals surface area contributed by atoms with Crippen LogP contribution in [-0.2, 0) is 9.84 Å². The number of carbonyl (C=O) groups is 1. The fourth-order valence-electron chi connectivity index (χ4n) is 2.07. The number of anilines is 1. The third-order valence-electron chi connectivity index (χ3n) is 3.14. The minimum absolute atomic E-state index is 0.00310. The number of nitro benzene ring substituents is 1. The summed E-state index contributed by atoms with van der Waals surface area (Å²) in [4.78, 5) is 22.2. The summed E-state index contributed by atoms with van der Waals surface area (Å²) in [6.45, 7) is 0. The number of benzene rings is 1. The van der Waals surface area contributed by atoms with Gasteiger partial charge in [-0.3, -0.25) is 14.9 Å². The Bertz CT molecular complexity index is 719. The molecule has 1 heterocycles. The number of carbonyl (C=O) groups excluding carboxylic acids is 1. The van der Waals surface area contributed by atoms with E-state index < -0.39 is 26.7 Å². The number of amides is 1. The van der Waals surface area contributed by atoms with E-state index in [2.05, 4.69) is 5.32 Å². The molecule has 1 aromatic rings. The fourth-order valence-corrected chi connectivity index (χ4v) is 3.96. The van der Waals surface area contributed by atoms with Gasteiger partial charge in [0.05, 0.1) is 32.7 Å². The molecule has 1 aliphatic heterocycles. The van der Waals surface area contributed by atoms with Crippen molar-refractivity contribution in [3.8, 4) is 0 Å². The second-order valence-corrected chi connectivity index (χ2v) is 7.36. The minimum Gasteiger partial charge on any atom is -0.397 e. The summed E-state index contributed by atoms with van der Waals surface area (Å²) in [6.07, 6.45) is 0.302. The van der Waals surface area contributed by atoms with Crippen LogP contribution in [0.4, 0.5) is 11.4 Å². The summed E-state index contributed by atoms with van der Waals surface area (Å²) in [6, 6.07) is 1.54. The summed E-state index contributed by atoms with van der Waals surface area (Å²) in [5, 5.41) is 13.2. The molecular weight excluding hydrogens is 322 g/mol. The topological polar surface area (TPSA) is 132 Å². The predicted molar refractivity (Wildman–Crippen MR) is 77.0 cm³/mol. The van der Waals surface area contributed by atoms with Gasteiger partial charge in [0.25, 0.3) is 11.6 Å². The lowest BCUT2D eigenvalue weighted by Crippen LogP contribution is -2.36. The Labute approximate surface area is 125 Å². The van der Waals surface area contributed by atoms with E-state index in [1.165, 1.54) is 0 Å². The second-order valence-electron chi connectivity index (χ2n) is 4.72. The van der Waals surface area contributed by atoms with Crippen LogP contribution < -0.4 is 11.1 Å². The molecule has 0 spiro atoms.